The van der Waals surface area contributed by atoms with Crippen molar-refractivity contribution < 1.29 is 31.5 Å². The molecule has 0 aliphatic rings. The smallest absolute Gasteiger partial charge is 0.450 e. The predicted molar refractivity (Wildman–Crippen MR) is 107 cm³/mol. The molecular weight excluding hydrogens is 432 g/mol. The zero-order chi connectivity index (χ0) is 23.0. The van der Waals surface area contributed by atoms with Crippen LogP contribution in [0.2, 0.25) is 0 Å². The summed E-state index contributed by atoms with van der Waals surface area (Å²) in [7, 11) is 2.54. The Morgan fingerprint density at radius 3 is 2.56 bits per heavy atom. The lowest BCUT2D eigenvalue weighted by atomic mass is 10.0. The minimum absolute atomic E-state index is 0.0841. The molecule has 2 aromatic heterocycles. The van der Waals surface area contributed by atoms with Crippen molar-refractivity contribution in [3.05, 3.63) is 76.2 Å². The molecule has 2 heterocycles. The van der Waals surface area contributed by atoms with Gasteiger partial charge in [-0.25, -0.2) is 4.39 Å². The zero-order valence-corrected chi connectivity index (χ0v) is 16.9. The molecule has 0 N–H and O–H groups in total. The van der Waals surface area contributed by atoms with Crippen LogP contribution in [0.1, 0.15) is 11.3 Å². The molecule has 10 heteroatoms. The summed E-state index contributed by atoms with van der Waals surface area (Å²) in [6.45, 7) is 0.100. The number of fused-ring (bicyclic) bond motifs is 1. The third-order valence-corrected chi connectivity index (χ3v) is 4.82. The summed E-state index contributed by atoms with van der Waals surface area (Å²) in [4.78, 5) is 13.1. The third kappa shape index (κ3) is 3.79. The number of alkyl halides is 3. The lowest BCUT2D eigenvalue weighted by Crippen LogP contribution is -2.16. The van der Waals surface area contributed by atoms with E-state index >= 15 is 0 Å². The molecule has 0 fully saturated rings. The Balaban J connectivity index is 1.90. The van der Waals surface area contributed by atoms with Gasteiger partial charge in [0.05, 0.1) is 37.9 Å². The monoisotopic (exact) mass is 448 g/mol. The van der Waals surface area contributed by atoms with Crippen LogP contribution in [0, 0.1) is 5.82 Å². The van der Waals surface area contributed by atoms with Crippen molar-refractivity contribution in [2.75, 3.05) is 14.2 Å². The number of methoxy groups -OCH3 is 2. The van der Waals surface area contributed by atoms with Crippen LogP contribution in [-0.2, 0) is 12.7 Å². The predicted octanol–water partition coefficient (Wildman–Crippen LogP) is 4.88. The lowest BCUT2D eigenvalue weighted by molar-refractivity contribution is -0.152. The highest BCUT2D eigenvalue weighted by molar-refractivity contribution is 5.89. The van der Waals surface area contributed by atoms with Crippen molar-refractivity contribution in [1.29, 1.82) is 0 Å². The molecular formula is C22H16F4N2O4. The van der Waals surface area contributed by atoms with Gasteiger partial charge in [-0.1, -0.05) is 12.1 Å². The highest BCUT2D eigenvalue weighted by atomic mass is 19.4. The van der Waals surface area contributed by atoms with Gasteiger partial charge in [0.15, 0.2) is 11.3 Å². The maximum absolute atomic E-state index is 13.9. The fourth-order valence-corrected chi connectivity index (χ4v) is 3.43. The summed E-state index contributed by atoms with van der Waals surface area (Å²) in [5.74, 6) is -1.94. The topological polar surface area (TPSA) is 66.5 Å². The molecule has 0 amide bonds. The summed E-state index contributed by atoms with van der Waals surface area (Å²) >= 11 is 0. The summed E-state index contributed by atoms with van der Waals surface area (Å²) in [5.41, 5.74) is -1.48. The van der Waals surface area contributed by atoms with Crippen molar-refractivity contribution in [3.63, 3.8) is 0 Å². The first-order valence-electron chi connectivity index (χ1n) is 9.29. The van der Waals surface area contributed by atoms with Crippen LogP contribution >= 0.6 is 0 Å². The van der Waals surface area contributed by atoms with E-state index in [1.54, 1.807) is 6.07 Å². The largest absolute Gasteiger partial charge is 0.493 e. The molecule has 166 valence electrons. The first-order valence-corrected chi connectivity index (χ1v) is 9.29. The third-order valence-electron chi connectivity index (χ3n) is 4.82. The van der Waals surface area contributed by atoms with Crippen LogP contribution < -0.4 is 14.9 Å². The number of ether oxygens (including phenoxy) is 2. The number of benzene rings is 2. The molecule has 0 saturated carbocycles. The molecule has 4 rings (SSSR count). The van der Waals surface area contributed by atoms with Crippen LogP contribution in [0.25, 0.3) is 22.1 Å². The zero-order valence-electron chi connectivity index (χ0n) is 16.9. The van der Waals surface area contributed by atoms with Gasteiger partial charge >= 0.3 is 6.18 Å². The summed E-state index contributed by atoms with van der Waals surface area (Å²) in [6, 6.07) is 8.43. The second-order valence-electron chi connectivity index (χ2n) is 6.87. The molecule has 4 aromatic rings. The number of aromatic nitrogens is 2. The van der Waals surface area contributed by atoms with Gasteiger partial charge in [-0.2, -0.15) is 18.3 Å². The second-order valence-corrected chi connectivity index (χ2v) is 6.87. The van der Waals surface area contributed by atoms with Crippen LogP contribution in [0.15, 0.2) is 58.0 Å². The van der Waals surface area contributed by atoms with Gasteiger partial charge in [0.2, 0.25) is 16.9 Å². The Hall–Kier alpha value is -3.82. The van der Waals surface area contributed by atoms with Crippen molar-refractivity contribution in [1.82, 2.24) is 9.78 Å². The van der Waals surface area contributed by atoms with E-state index in [1.165, 1.54) is 55.4 Å². The first-order chi connectivity index (χ1) is 15.2. The maximum atomic E-state index is 13.9. The van der Waals surface area contributed by atoms with Gasteiger partial charge in [0.1, 0.15) is 5.82 Å². The maximum Gasteiger partial charge on any atom is 0.450 e. The van der Waals surface area contributed by atoms with Crippen molar-refractivity contribution >= 4 is 11.0 Å². The van der Waals surface area contributed by atoms with E-state index in [2.05, 4.69) is 5.10 Å². The standard InChI is InChI=1S/C22H16F4N2O4/c1-30-16-7-6-15-18(29)17(21(22(24,25)26)32-19(15)20(16)31-2)13-9-27-28(11-13)10-12-4-3-5-14(23)8-12/h3-9,11H,10H2,1-2H3. The quantitative estimate of drug-likeness (QED) is 0.407. The van der Waals surface area contributed by atoms with E-state index in [-0.39, 0.29) is 34.6 Å². The molecule has 32 heavy (non-hydrogen) atoms. The number of hydrogen-bond donors (Lipinski definition) is 0. The van der Waals surface area contributed by atoms with E-state index in [0.717, 1.165) is 6.20 Å². The molecule has 6 nitrogen and oxygen atoms in total. The van der Waals surface area contributed by atoms with E-state index < -0.39 is 28.7 Å². The molecule has 0 aliphatic heterocycles. The Bertz CT molecular complexity index is 1360. The molecule has 0 atom stereocenters. The summed E-state index contributed by atoms with van der Waals surface area (Å²) < 4.78 is 71.8. The first kappa shape index (κ1) is 21.4. The number of halogens is 4. The number of hydrogen-bond acceptors (Lipinski definition) is 5. The molecule has 0 spiro atoms. The van der Waals surface area contributed by atoms with Crippen molar-refractivity contribution in [2.24, 2.45) is 0 Å². The van der Waals surface area contributed by atoms with Gasteiger partial charge in [-0.15, -0.1) is 0 Å². The minimum atomic E-state index is -4.97. The average molecular weight is 448 g/mol. The van der Waals surface area contributed by atoms with Gasteiger partial charge in [-0.3, -0.25) is 9.48 Å². The van der Waals surface area contributed by atoms with Crippen LogP contribution in [0.4, 0.5) is 17.6 Å². The van der Waals surface area contributed by atoms with Gasteiger partial charge in [-0.05, 0) is 29.8 Å². The number of rotatable bonds is 5. The molecule has 0 saturated heterocycles. The fraction of sp³-hybridized carbons (Fsp3) is 0.182. The van der Waals surface area contributed by atoms with Crippen LogP contribution in [0.3, 0.4) is 0 Å². The highest BCUT2D eigenvalue weighted by Gasteiger charge is 2.40. The normalized spacial score (nSPS) is 11.7. The summed E-state index contributed by atoms with van der Waals surface area (Å²) in [5, 5.41) is 3.92. The highest BCUT2D eigenvalue weighted by Crippen LogP contribution is 2.41. The van der Waals surface area contributed by atoms with Crippen molar-refractivity contribution in [2.45, 2.75) is 12.7 Å². The van der Waals surface area contributed by atoms with Gasteiger partial charge in [0, 0.05) is 11.8 Å². The Labute approximate surface area is 178 Å². The number of nitrogens with zero attached hydrogens (tertiary/aromatic N) is 2. The SMILES string of the molecule is COc1ccc2c(=O)c(-c3cnn(Cc4cccc(F)c4)c3)c(C(F)(F)F)oc2c1OC. The van der Waals surface area contributed by atoms with Crippen LogP contribution in [-0.4, -0.2) is 24.0 Å². The molecule has 0 unspecified atom stereocenters. The van der Waals surface area contributed by atoms with Gasteiger partial charge in [0.25, 0.3) is 0 Å². The Kier molecular flexibility index (Phi) is 5.37. The van der Waals surface area contributed by atoms with E-state index in [1.807, 2.05) is 0 Å². The minimum Gasteiger partial charge on any atom is -0.493 e. The molecule has 0 aliphatic carbocycles. The Morgan fingerprint density at radius 2 is 1.91 bits per heavy atom. The van der Waals surface area contributed by atoms with Crippen LogP contribution in [0.5, 0.6) is 11.5 Å². The van der Waals surface area contributed by atoms with Gasteiger partial charge < -0.3 is 13.9 Å². The summed E-state index contributed by atoms with van der Waals surface area (Å²) in [6.07, 6.45) is -2.56. The van der Waals surface area contributed by atoms with Crippen molar-refractivity contribution in [3.8, 4) is 22.6 Å². The molecule has 0 bridgehead atoms. The second kappa shape index (κ2) is 8.03. The Morgan fingerprint density at radius 1 is 1.12 bits per heavy atom. The van der Waals surface area contributed by atoms with E-state index in [0.29, 0.717) is 5.56 Å². The lowest BCUT2D eigenvalue weighted by Gasteiger charge is -2.14. The molecule has 0 radical (unpaired) electrons. The van der Waals surface area contributed by atoms with E-state index in [9.17, 15) is 22.4 Å². The average Bonchev–Trinajstić information content (AvgIpc) is 3.19. The fourth-order valence-electron chi connectivity index (χ4n) is 3.43. The molecule has 2 aromatic carbocycles. The van der Waals surface area contributed by atoms with E-state index in [4.69, 9.17) is 13.9 Å².